The molecule has 0 aliphatic heterocycles. The maximum atomic E-state index is 10.9. The predicted molar refractivity (Wildman–Crippen MR) is 137 cm³/mol. The summed E-state index contributed by atoms with van der Waals surface area (Å²) in [6.07, 6.45) is 0. The molecule has 7 rings (SSSR count). The molecule has 0 fully saturated rings. The summed E-state index contributed by atoms with van der Waals surface area (Å²) >= 11 is 0. The average molecular weight is 425 g/mol. The summed E-state index contributed by atoms with van der Waals surface area (Å²) in [6.45, 7) is 0. The third kappa shape index (κ3) is 2.56. The molecule has 0 spiro atoms. The molecule has 0 aliphatic carbocycles. The molecule has 0 bridgehead atoms. The van der Waals surface area contributed by atoms with Gasteiger partial charge in [-0.2, -0.15) is 0 Å². The van der Waals surface area contributed by atoms with Crippen LogP contribution in [0.3, 0.4) is 0 Å². The highest BCUT2D eigenvalue weighted by Crippen LogP contribution is 2.36. The van der Waals surface area contributed by atoms with Gasteiger partial charge in [0.05, 0.1) is 33.4 Å². The third-order valence-corrected chi connectivity index (χ3v) is 6.56. The van der Waals surface area contributed by atoms with Gasteiger partial charge in [-0.15, -0.1) is 0 Å². The van der Waals surface area contributed by atoms with E-state index in [1.165, 1.54) is 21.5 Å². The van der Waals surface area contributed by atoms with Crippen LogP contribution in [0, 0.1) is 0 Å². The zero-order valence-electron chi connectivity index (χ0n) is 17.8. The normalized spacial score (nSPS) is 11.8. The van der Waals surface area contributed by atoms with Crippen molar-refractivity contribution in [3.8, 4) is 17.1 Å². The van der Waals surface area contributed by atoms with Crippen molar-refractivity contribution in [2.24, 2.45) is 0 Å². The minimum atomic E-state index is 0.242. The fraction of sp³-hybridized carbons (Fsp3) is 0. The number of para-hydroxylation sites is 4. The molecular weight excluding hydrogens is 404 g/mol. The molecule has 0 radical (unpaired) electrons. The Morgan fingerprint density at radius 3 is 1.03 bits per heavy atom. The van der Waals surface area contributed by atoms with E-state index >= 15 is 0 Å². The summed E-state index contributed by atoms with van der Waals surface area (Å²) in [5.41, 5.74) is 6.36. The van der Waals surface area contributed by atoms with Crippen molar-refractivity contribution in [2.75, 3.05) is 0 Å². The van der Waals surface area contributed by atoms with E-state index < -0.39 is 0 Å². The lowest BCUT2D eigenvalue weighted by Crippen LogP contribution is -1.98. The number of fused-ring (bicyclic) bond motifs is 6. The van der Waals surface area contributed by atoms with E-state index in [2.05, 4.69) is 112 Å². The largest absolute Gasteiger partial charge is 0.508 e. The minimum Gasteiger partial charge on any atom is -0.508 e. The van der Waals surface area contributed by atoms with Crippen LogP contribution in [-0.2, 0) is 0 Å². The number of benzene rings is 5. The van der Waals surface area contributed by atoms with Crippen molar-refractivity contribution >= 4 is 43.6 Å². The van der Waals surface area contributed by atoms with Crippen molar-refractivity contribution in [2.45, 2.75) is 0 Å². The maximum absolute atomic E-state index is 10.9. The third-order valence-electron chi connectivity index (χ3n) is 6.56. The molecule has 2 heterocycles. The second-order valence-corrected chi connectivity index (χ2v) is 8.45. The number of aromatic hydroxyl groups is 1. The second kappa shape index (κ2) is 6.75. The van der Waals surface area contributed by atoms with Crippen molar-refractivity contribution in [3.05, 3.63) is 115 Å². The summed E-state index contributed by atoms with van der Waals surface area (Å²) in [4.78, 5) is 0. The molecule has 5 aromatic carbocycles. The molecule has 0 aliphatic rings. The quantitative estimate of drug-likeness (QED) is 0.304. The Morgan fingerprint density at radius 1 is 0.394 bits per heavy atom. The Balaban J connectivity index is 1.58. The maximum Gasteiger partial charge on any atom is 0.119 e. The van der Waals surface area contributed by atoms with E-state index in [9.17, 15) is 5.11 Å². The Labute approximate surface area is 190 Å². The average Bonchev–Trinajstić information content (AvgIpc) is 3.37. The van der Waals surface area contributed by atoms with Gasteiger partial charge in [0.2, 0.25) is 0 Å². The Kier molecular flexibility index (Phi) is 3.70. The van der Waals surface area contributed by atoms with Gasteiger partial charge in [0.25, 0.3) is 0 Å². The molecule has 1 N–H and O–H groups in total. The summed E-state index contributed by atoms with van der Waals surface area (Å²) in [7, 11) is 0. The molecule has 156 valence electrons. The van der Waals surface area contributed by atoms with Crippen molar-refractivity contribution in [3.63, 3.8) is 0 Å². The molecule has 0 atom stereocenters. The molecule has 0 saturated heterocycles. The first-order valence-corrected chi connectivity index (χ1v) is 11.1. The van der Waals surface area contributed by atoms with Gasteiger partial charge in [0.15, 0.2) is 0 Å². The summed E-state index contributed by atoms with van der Waals surface area (Å²) in [5.74, 6) is 0.242. The topological polar surface area (TPSA) is 30.1 Å². The molecule has 33 heavy (non-hydrogen) atoms. The van der Waals surface area contributed by atoms with Crippen LogP contribution in [-0.4, -0.2) is 14.2 Å². The van der Waals surface area contributed by atoms with Crippen LogP contribution in [0.1, 0.15) is 0 Å². The van der Waals surface area contributed by atoms with E-state index in [-0.39, 0.29) is 5.75 Å². The van der Waals surface area contributed by atoms with E-state index in [0.717, 1.165) is 33.4 Å². The van der Waals surface area contributed by atoms with Crippen LogP contribution < -0.4 is 0 Å². The summed E-state index contributed by atoms with van der Waals surface area (Å²) < 4.78 is 4.48. The monoisotopic (exact) mass is 424 g/mol. The van der Waals surface area contributed by atoms with E-state index in [0.29, 0.717) is 0 Å². The molecule has 2 aromatic heterocycles. The lowest BCUT2D eigenvalue weighted by molar-refractivity contribution is 0.475. The molecular formula is C30H20N2O. The molecule has 0 unspecified atom stereocenters. The van der Waals surface area contributed by atoms with Crippen LogP contribution in [0.5, 0.6) is 5.75 Å². The first-order chi connectivity index (χ1) is 16.3. The molecule has 3 nitrogen and oxygen atoms in total. The smallest absolute Gasteiger partial charge is 0.119 e. The number of phenols is 1. The lowest BCUT2D eigenvalue weighted by Gasteiger charge is -2.13. The minimum absolute atomic E-state index is 0.242. The Bertz CT molecular complexity index is 1600. The zero-order valence-corrected chi connectivity index (χ0v) is 17.8. The van der Waals surface area contributed by atoms with E-state index in [4.69, 9.17) is 0 Å². The van der Waals surface area contributed by atoms with Crippen LogP contribution in [0.4, 0.5) is 0 Å². The van der Waals surface area contributed by atoms with Gasteiger partial charge in [0, 0.05) is 33.7 Å². The molecule has 3 heteroatoms. The van der Waals surface area contributed by atoms with Gasteiger partial charge < -0.3 is 14.2 Å². The number of hydrogen-bond acceptors (Lipinski definition) is 1. The van der Waals surface area contributed by atoms with Gasteiger partial charge in [-0.1, -0.05) is 72.8 Å². The Hall–Kier alpha value is -4.50. The highest BCUT2D eigenvalue weighted by Gasteiger charge is 2.16. The fourth-order valence-electron chi connectivity index (χ4n) is 5.24. The first-order valence-electron chi connectivity index (χ1n) is 11.1. The van der Waals surface area contributed by atoms with Gasteiger partial charge in [0.1, 0.15) is 5.75 Å². The van der Waals surface area contributed by atoms with Crippen LogP contribution in [0.2, 0.25) is 0 Å². The Morgan fingerprint density at radius 2 is 0.697 bits per heavy atom. The van der Waals surface area contributed by atoms with Crippen LogP contribution >= 0.6 is 0 Å². The van der Waals surface area contributed by atoms with Crippen molar-refractivity contribution < 1.29 is 5.11 Å². The zero-order chi connectivity index (χ0) is 21.9. The molecule has 0 amide bonds. The van der Waals surface area contributed by atoms with Gasteiger partial charge >= 0.3 is 0 Å². The number of phenolic OH excluding ortho intramolecular Hbond substituents is 1. The number of rotatable bonds is 2. The van der Waals surface area contributed by atoms with Crippen LogP contribution in [0.25, 0.3) is 55.0 Å². The number of hydrogen-bond donors (Lipinski definition) is 1. The highest BCUT2D eigenvalue weighted by atomic mass is 16.3. The SMILES string of the molecule is Oc1cc(-n2c3ccccc3c3ccccc32)cc(-n2c3ccccc3c3ccccc32)c1. The fourth-order valence-corrected chi connectivity index (χ4v) is 5.24. The summed E-state index contributed by atoms with van der Waals surface area (Å²) in [6, 6.07) is 39.6. The number of aromatic nitrogens is 2. The van der Waals surface area contributed by atoms with Crippen molar-refractivity contribution in [1.29, 1.82) is 0 Å². The predicted octanol–water partition coefficient (Wildman–Crippen LogP) is 7.59. The van der Waals surface area contributed by atoms with Gasteiger partial charge in [-0.3, -0.25) is 0 Å². The lowest BCUT2D eigenvalue weighted by atomic mass is 10.2. The van der Waals surface area contributed by atoms with Gasteiger partial charge in [-0.05, 0) is 30.3 Å². The summed E-state index contributed by atoms with van der Waals surface area (Å²) in [5, 5.41) is 15.7. The standard InChI is InChI=1S/C30H20N2O/c33-22-18-20(31-27-13-5-1-9-23(27)24-10-2-6-14-28(24)31)17-21(19-22)32-29-15-7-3-11-25(29)26-12-4-8-16-30(26)32/h1-19,33H. The molecule has 7 aromatic rings. The number of nitrogens with zero attached hydrogens (tertiary/aromatic N) is 2. The van der Waals surface area contributed by atoms with Gasteiger partial charge in [-0.25, -0.2) is 0 Å². The van der Waals surface area contributed by atoms with Crippen LogP contribution in [0.15, 0.2) is 115 Å². The van der Waals surface area contributed by atoms with Crippen molar-refractivity contribution in [1.82, 2.24) is 9.13 Å². The first kappa shape index (κ1) is 18.1. The molecule has 0 saturated carbocycles. The van der Waals surface area contributed by atoms with E-state index in [1.54, 1.807) is 0 Å². The van der Waals surface area contributed by atoms with E-state index in [1.807, 2.05) is 12.1 Å². The second-order valence-electron chi connectivity index (χ2n) is 8.45. The highest BCUT2D eigenvalue weighted by molar-refractivity contribution is 6.10.